The van der Waals surface area contributed by atoms with E-state index in [1.165, 1.54) is 19.3 Å². The zero-order valence-electron chi connectivity index (χ0n) is 18.6. The highest BCUT2D eigenvalue weighted by atomic mass is 16.2. The lowest BCUT2D eigenvalue weighted by Crippen LogP contribution is -2.51. The third-order valence-electron chi connectivity index (χ3n) is 6.64. The van der Waals surface area contributed by atoms with Crippen LogP contribution in [0, 0.1) is 23.7 Å². The van der Waals surface area contributed by atoms with E-state index in [4.69, 9.17) is 5.73 Å². The molecule has 1 saturated heterocycles. The summed E-state index contributed by atoms with van der Waals surface area (Å²) in [6.07, 6.45) is 9.54. The van der Waals surface area contributed by atoms with Crippen LogP contribution in [0.1, 0.15) is 85.0 Å². The number of rotatable bonds is 11. The minimum atomic E-state index is -0.476. The maximum absolute atomic E-state index is 13.2. The van der Waals surface area contributed by atoms with E-state index in [9.17, 15) is 14.4 Å². The molecule has 0 bridgehead atoms. The first-order valence-corrected chi connectivity index (χ1v) is 11.7. The summed E-state index contributed by atoms with van der Waals surface area (Å²) >= 11 is 0. The number of nitrogens with zero attached hydrogens (tertiary/aromatic N) is 1. The van der Waals surface area contributed by atoms with Crippen molar-refractivity contribution in [1.82, 2.24) is 10.2 Å². The van der Waals surface area contributed by atoms with Gasteiger partial charge in [0.2, 0.25) is 17.7 Å². The van der Waals surface area contributed by atoms with Crippen LogP contribution in [-0.2, 0) is 14.4 Å². The molecule has 3 amide bonds. The SMILES string of the molecule is CCCC(C(N)=O)C(CC(C)C)C(=O)N[C@H]1CCCCN(CCC2CCC2)C1=O. The van der Waals surface area contributed by atoms with Gasteiger partial charge >= 0.3 is 0 Å². The number of likely N-dealkylation sites (tertiary alicyclic amines) is 1. The topological polar surface area (TPSA) is 92.5 Å². The molecular weight excluding hydrogens is 366 g/mol. The monoisotopic (exact) mass is 407 g/mol. The zero-order valence-corrected chi connectivity index (χ0v) is 18.6. The highest BCUT2D eigenvalue weighted by Gasteiger charge is 2.36. The van der Waals surface area contributed by atoms with Crippen molar-refractivity contribution in [2.24, 2.45) is 29.4 Å². The molecule has 0 aromatic heterocycles. The largest absolute Gasteiger partial charge is 0.369 e. The molecule has 0 radical (unpaired) electrons. The quantitative estimate of drug-likeness (QED) is 0.551. The first kappa shape index (κ1) is 23.7. The maximum atomic E-state index is 13.2. The molecule has 2 rings (SSSR count). The Hall–Kier alpha value is -1.59. The summed E-state index contributed by atoms with van der Waals surface area (Å²) in [7, 11) is 0. The van der Waals surface area contributed by atoms with Crippen LogP contribution < -0.4 is 11.1 Å². The number of carbonyl (C=O) groups is 3. The molecule has 0 aromatic carbocycles. The summed E-state index contributed by atoms with van der Waals surface area (Å²) in [4.78, 5) is 40.2. The number of nitrogens with two attached hydrogens (primary N) is 1. The van der Waals surface area contributed by atoms with Crippen LogP contribution in [0.2, 0.25) is 0 Å². The summed E-state index contributed by atoms with van der Waals surface area (Å²) in [5.41, 5.74) is 5.64. The van der Waals surface area contributed by atoms with E-state index >= 15 is 0 Å². The van der Waals surface area contributed by atoms with Gasteiger partial charge in [-0.15, -0.1) is 0 Å². The first-order valence-electron chi connectivity index (χ1n) is 11.7. The molecule has 6 heteroatoms. The highest BCUT2D eigenvalue weighted by molar-refractivity contribution is 5.91. The van der Waals surface area contributed by atoms with Gasteiger partial charge in [-0.25, -0.2) is 0 Å². The Kier molecular flexibility index (Phi) is 9.44. The minimum Gasteiger partial charge on any atom is -0.369 e. The van der Waals surface area contributed by atoms with E-state index in [0.717, 1.165) is 44.7 Å². The Bertz CT molecular complexity index is 560. The van der Waals surface area contributed by atoms with Crippen LogP contribution in [0.25, 0.3) is 0 Å². The number of primary amides is 1. The van der Waals surface area contributed by atoms with Crippen molar-refractivity contribution in [3.8, 4) is 0 Å². The molecule has 3 N–H and O–H groups in total. The number of hydrogen-bond acceptors (Lipinski definition) is 3. The van der Waals surface area contributed by atoms with E-state index in [2.05, 4.69) is 5.32 Å². The molecule has 1 aliphatic carbocycles. The molecule has 2 aliphatic rings. The Morgan fingerprint density at radius 1 is 1.14 bits per heavy atom. The van der Waals surface area contributed by atoms with Crippen molar-refractivity contribution in [1.29, 1.82) is 0 Å². The van der Waals surface area contributed by atoms with Crippen LogP contribution >= 0.6 is 0 Å². The average molecular weight is 408 g/mol. The molecular formula is C23H41N3O3. The molecule has 2 fully saturated rings. The average Bonchev–Trinajstić information content (AvgIpc) is 2.78. The molecule has 3 atom stereocenters. The third-order valence-corrected chi connectivity index (χ3v) is 6.64. The van der Waals surface area contributed by atoms with Gasteiger partial charge in [0.1, 0.15) is 6.04 Å². The molecule has 1 aliphatic heterocycles. The van der Waals surface area contributed by atoms with Gasteiger partial charge in [-0.2, -0.15) is 0 Å². The van der Waals surface area contributed by atoms with Crippen molar-refractivity contribution >= 4 is 17.7 Å². The number of amides is 3. The smallest absolute Gasteiger partial charge is 0.245 e. The maximum Gasteiger partial charge on any atom is 0.245 e. The standard InChI is InChI=1S/C23H41N3O3/c1-4-8-18(21(24)27)19(15-16(2)3)22(28)25-20-11-5-6-13-26(23(20)29)14-12-17-9-7-10-17/h16-20H,4-15H2,1-3H3,(H2,24,27)(H,25,28)/t18?,19?,20-/m0/s1. The molecule has 0 spiro atoms. The van der Waals surface area contributed by atoms with Gasteiger partial charge in [-0.05, 0) is 50.4 Å². The predicted molar refractivity (Wildman–Crippen MR) is 115 cm³/mol. The van der Waals surface area contributed by atoms with Crippen LogP contribution in [0.15, 0.2) is 0 Å². The summed E-state index contributed by atoms with van der Waals surface area (Å²) in [5, 5.41) is 3.02. The number of carbonyl (C=O) groups excluding carboxylic acids is 3. The van der Waals surface area contributed by atoms with Crippen LogP contribution in [-0.4, -0.2) is 41.8 Å². The number of hydrogen-bond donors (Lipinski definition) is 2. The summed E-state index contributed by atoms with van der Waals surface area (Å²) < 4.78 is 0. The second kappa shape index (κ2) is 11.6. The second-order valence-electron chi connectivity index (χ2n) is 9.50. The van der Waals surface area contributed by atoms with Gasteiger partial charge in [0, 0.05) is 24.9 Å². The fraction of sp³-hybridized carbons (Fsp3) is 0.870. The van der Waals surface area contributed by atoms with Crippen LogP contribution in [0.5, 0.6) is 0 Å². The first-order chi connectivity index (χ1) is 13.8. The van der Waals surface area contributed by atoms with Crippen molar-refractivity contribution in [2.45, 2.75) is 91.0 Å². The van der Waals surface area contributed by atoms with Gasteiger partial charge in [0.15, 0.2) is 0 Å². The molecule has 29 heavy (non-hydrogen) atoms. The van der Waals surface area contributed by atoms with Crippen molar-refractivity contribution < 1.29 is 14.4 Å². The predicted octanol–water partition coefficient (Wildman–Crippen LogP) is 3.24. The molecule has 1 heterocycles. The van der Waals surface area contributed by atoms with E-state index < -0.39 is 23.8 Å². The van der Waals surface area contributed by atoms with Crippen molar-refractivity contribution in [3.63, 3.8) is 0 Å². The third kappa shape index (κ3) is 7.00. The molecule has 6 nitrogen and oxygen atoms in total. The van der Waals surface area contributed by atoms with Crippen LogP contribution in [0.4, 0.5) is 0 Å². The Morgan fingerprint density at radius 2 is 1.86 bits per heavy atom. The van der Waals surface area contributed by atoms with Gasteiger partial charge in [-0.3, -0.25) is 14.4 Å². The van der Waals surface area contributed by atoms with Gasteiger partial charge < -0.3 is 16.0 Å². The molecule has 1 saturated carbocycles. The summed E-state index contributed by atoms with van der Waals surface area (Å²) in [6, 6.07) is -0.476. The van der Waals surface area contributed by atoms with E-state index in [1.807, 2.05) is 25.7 Å². The molecule has 0 aromatic rings. The molecule has 166 valence electrons. The Balaban J connectivity index is 2.04. The van der Waals surface area contributed by atoms with Gasteiger partial charge in [-0.1, -0.05) is 46.5 Å². The van der Waals surface area contributed by atoms with E-state index in [0.29, 0.717) is 19.3 Å². The summed E-state index contributed by atoms with van der Waals surface area (Å²) in [5.74, 6) is -0.459. The number of nitrogens with one attached hydrogen (secondary N) is 1. The van der Waals surface area contributed by atoms with Gasteiger partial charge in [0.25, 0.3) is 0 Å². The van der Waals surface area contributed by atoms with Gasteiger partial charge in [0.05, 0.1) is 0 Å². The Morgan fingerprint density at radius 3 is 2.41 bits per heavy atom. The lowest BCUT2D eigenvalue weighted by molar-refractivity contribution is -0.139. The minimum absolute atomic E-state index is 0.0459. The fourth-order valence-electron chi connectivity index (χ4n) is 4.67. The van der Waals surface area contributed by atoms with E-state index in [-0.39, 0.29) is 17.7 Å². The lowest BCUT2D eigenvalue weighted by Gasteiger charge is -2.31. The lowest BCUT2D eigenvalue weighted by atomic mass is 9.81. The van der Waals surface area contributed by atoms with Crippen molar-refractivity contribution in [3.05, 3.63) is 0 Å². The highest BCUT2D eigenvalue weighted by Crippen LogP contribution is 2.30. The zero-order chi connectivity index (χ0) is 21.4. The Labute approximate surface area is 176 Å². The van der Waals surface area contributed by atoms with Crippen LogP contribution in [0.3, 0.4) is 0 Å². The van der Waals surface area contributed by atoms with Crippen molar-refractivity contribution in [2.75, 3.05) is 13.1 Å². The second-order valence-corrected chi connectivity index (χ2v) is 9.50. The molecule has 2 unspecified atom stereocenters. The normalized spacial score (nSPS) is 22.7. The van der Waals surface area contributed by atoms with E-state index in [1.54, 1.807) is 0 Å². The fourth-order valence-corrected chi connectivity index (χ4v) is 4.67. The summed E-state index contributed by atoms with van der Waals surface area (Å²) in [6.45, 7) is 7.67.